The number of amides is 2. The third-order valence-electron chi connectivity index (χ3n) is 4.54. The van der Waals surface area contributed by atoms with Gasteiger partial charge in [-0.15, -0.1) is 0 Å². The molecule has 0 aliphatic carbocycles. The van der Waals surface area contributed by atoms with Gasteiger partial charge in [0.1, 0.15) is 0 Å². The SMILES string of the molecule is CCCCCCOc1ccc(C2NC(=O)NC(C)=C2C(=O)OCC)cc1OC. The third kappa shape index (κ3) is 5.41. The number of ether oxygens (including phenoxy) is 3. The zero-order valence-electron chi connectivity index (χ0n) is 17.1. The van der Waals surface area contributed by atoms with E-state index < -0.39 is 12.0 Å². The summed E-state index contributed by atoms with van der Waals surface area (Å²) in [6.07, 6.45) is 4.48. The second kappa shape index (κ2) is 10.6. The van der Waals surface area contributed by atoms with Crippen molar-refractivity contribution in [1.29, 1.82) is 0 Å². The molecule has 1 unspecified atom stereocenters. The van der Waals surface area contributed by atoms with E-state index in [1.54, 1.807) is 33.1 Å². The van der Waals surface area contributed by atoms with Crippen molar-refractivity contribution in [2.75, 3.05) is 20.3 Å². The van der Waals surface area contributed by atoms with E-state index in [0.717, 1.165) is 12.8 Å². The molecule has 0 fully saturated rings. The number of unbranched alkanes of at least 4 members (excludes halogenated alkanes) is 3. The molecule has 28 heavy (non-hydrogen) atoms. The molecule has 2 rings (SSSR count). The predicted molar refractivity (Wildman–Crippen MR) is 106 cm³/mol. The Balaban J connectivity index is 2.23. The van der Waals surface area contributed by atoms with Gasteiger partial charge >= 0.3 is 12.0 Å². The maximum absolute atomic E-state index is 12.4. The van der Waals surface area contributed by atoms with Gasteiger partial charge in [-0.1, -0.05) is 32.3 Å². The van der Waals surface area contributed by atoms with Crippen LogP contribution in [0.25, 0.3) is 0 Å². The van der Waals surface area contributed by atoms with Crippen LogP contribution in [0.2, 0.25) is 0 Å². The number of hydrogen-bond acceptors (Lipinski definition) is 5. The topological polar surface area (TPSA) is 85.9 Å². The summed E-state index contributed by atoms with van der Waals surface area (Å²) in [6, 6.07) is 4.42. The van der Waals surface area contributed by atoms with Crippen LogP contribution in [0.3, 0.4) is 0 Å². The lowest BCUT2D eigenvalue weighted by atomic mass is 9.95. The van der Waals surface area contributed by atoms with Crippen molar-refractivity contribution in [3.05, 3.63) is 35.0 Å². The Labute approximate surface area is 166 Å². The van der Waals surface area contributed by atoms with E-state index in [1.165, 1.54) is 12.8 Å². The summed E-state index contributed by atoms with van der Waals surface area (Å²) in [5, 5.41) is 5.41. The van der Waals surface area contributed by atoms with Gasteiger partial charge in [0.25, 0.3) is 0 Å². The first-order valence-electron chi connectivity index (χ1n) is 9.77. The van der Waals surface area contributed by atoms with Crippen LogP contribution in [0, 0.1) is 0 Å². The Morgan fingerprint density at radius 1 is 1.14 bits per heavy atom. The second-order valence-corrected chi connectivity index (χ2v) is 6.61. The van der Waals surface area contributed by atoms with Gasteiger partial charge in [-0.25, -0.2) is 9.59 Å². The van der Waals surface area contributed by atoms with Gasteiger partial charge in [0.05, 0.1) is 31.9 Å². The summed E-state index contributed by atoms with van der Waals surface area (Å²) in [7, 11) is 1.57. The molecule has 7 heteroatoms. The number of allylic oxidation sites excluding steroid dienone is 1. The predicted octanol–water partition coefficient (Wildman–Crippen LogP) is 3.85. The van der Waals surface area contributed by atoms with E-state index in [9.17, 15) is 9.59 Å². The fourth-order valence-corrected chi connectivity index (χ4v) is 3.12. The largest absolute Gasteiger partial charge is 0.493 e. The number of hydrogen-bond donors (Lipinski definition) is 2. The third-order valence-corrected chi connectivity index (χ3v) is 4.54. The van der Waals surface area contributed by atoms with Crippen LogP contribution in [-0.4, -0.2) is 32.3 Å². The minimum Gasteiger partial charge on any atom is -0.493 e. The number of benzene rings is 1. The maximum Gasteiger partial charge on any atom is 0.338 e. The fourth-order valence-electron chi connectivity index (χ4n) is 3.12. The highest BCUT2D eigenvalue weighted by Gasteiger charge is 2.32. The molecule has 154 valence electrons. The van der Waals surface area contributed by atoms with Crippen LogP contribution < -0.4 is 20.1 Å². The first-order valence-corrected chi connectivity index (χ1v) is 9.77. The van der Waals surface area contributed by atoms with Crippen molar-refractivity contribution in [3.63, 3.8) is 0 Å². The molecule has 1 aliphatic heterocycles. The van der Waals surface area contributed by atoms with Crippen molar-refractivity contribution in [2.45, 2.75) is 52.5 Å². The quantitative estimate of drug-likeness (QED) is 0.468. The lowest BCUT2D eigenvalue weighted by Gasteiger charge is -2.28. The molecule has 0 saturated carbocycles. The molecule has 1 aromatic carbocycles. The number of rotatable bonds is 10. The monoisotopic (exact) mass is 390 g/mol. The number of nitrogens with one attached hydrogen (secondary N) is 2. The Morgan fingerprint density at radius 2 is 1.93 bits per heavy atom. The van der Waals surface area contributed by atoms with Crippen LogP contribution in [-0.2, 0) is 9.53 Å². The summed E-state index contributed by atoms with van der Waals surface area (Å²) >= 11 is 0. The Hall–Kier alpha value is -2.70. The molecule has 1 atom stereocenters. The number of methoxy groups -OCH3 is 1. The normalized spacial score (nSPS) is 16.3. The molecule has 1 aliphatic rings. The summed E-state index contributed by atoms with van der Waals surface area (Å²) < 4.78 is 16.5. The average molecular weight is 390 g/mol. The molecule has 0 saturated heterocycles. The van der Waals surface area contributed by atoms with Crippen molar-refractivity contribution < 1.29 is 23.8 Å². The summed E-state index contributed by atoms with van der Waals surface area (Å²) in [5.74, 6) is 0.732. The molecule has 1 aromatic rings. The van der Waals surface area contributed by atoms with Crippen LogP contribution in [0.4, 0.5) is 4.79 Å². The van der Waals surface area contributed by atoms with Crippen LogP contribution in [0.5, 0.6) is 11.5 Å². The highest BCUT2D eigenvalue weighted by molar-refractivity contribution is 5.95. The van der Waals surface area contributed by atoms with E-state index in [0.29, 0.717) is 34.9 Å². The van der Waals surface area contributed by atoms with E-state index in [4.69, 9.17) is 14.2 Å². The lowest BCUT2D eigenvalue weighted by molar-refractivity contribution is -0.139. The van der Waals surface area contributed by atoms with Gasteiger partial charge in [0, 0.05) is 5.70 Å². The summed E-state index contributed by atoms with van der Waals surface area (Å²) in [5.41, 5.74) is 1.56. The molecular weight excluding hydrogens is 360 g/mol. The standard InChI is InChI=1S/C21H30N2O5/c1-5-7-8-9-12-28-16-11-10-15(13-17(16)26-4)19-18(20(24)27-6-2)14(3)22-21(25)23-19/h10-11,13,19H,5-9,12H2,1-4H3,(H2,22,23,25). The van der Waals surface area contributed by atoms with Crippen LogP contribution in [0.15, 0.2) is 29.5 Å². The number of carbonyl (C=O) groups excluding carboxylic acids is 2. The Bertz CT molecular complexity index is 730. The van der Waals surface area contributed by atoms with E-state index in [2.05, 4.69) is 17.6 Å². The zero-order valence-corrected chi connectivity index (χ0v) is 17.1. The van der Waals surface area contributed by atoms with Crippen molar-refractivity contribution in [2.24, 2.45) is 0 Å². The second-order valence-electron chi connectivity index (χ2n) is 6.61. The van der Waals surface area contributed by atoms with Crippen molar-refractivity contribution >= 4 is 12.0 Å². The van der Waals surface area contributed by atoms with Gasteiger partial charge in [-0.05, 0) is 38.0 Å². The number of carbonyl (C=O) groups is 2. The molecule has 0 spiro atoms. The Morgan fingerprint density at radius 3 is 2.61 bits per heavy atom. The summed E-state index contributed by atoms with van der Waals surface area (Å²) in [4.78, 5) is 24.4. The van der Waals surface area contributed by atoms with Gasteiger partial charge in [-0.3, -0.25) is 0 Å². The van der Waals surface area contributed by atoms with Crippen molar-refractivity contribution in [1.82, 2.24) is 10.6 Å². The first kappa shape index (κ1) is 21.6. The molecular formula is C21H30N2O5. The number of esters is 1. The van der Waals surface area contributed by atoms with Gasteiger partial charge in [0.15, 0.2) is 11.5 Å². The van der Waals surface area contributed by atoms with Gasteiger partial charge in [-0.2, -0.15) is 0 Å². The average Bonchev–Trinajstić information content (AvgIpc) is 2.67. The fraction of sp³-hybridized carbons (Fsp3) is 0.524. The highest BCUT2D eigenvalue weighted by atomic mass is 16.5. The lowest BCUT2D eigenvalue weighted by Crippen LogP contribution is -2.45. The Kier molecular flexibility index (Phi) is 8.17. The van der Waals surface area contributed by atoms with Gasteiger partial charge < -0.3 is 24.8 Å². The highest BCUT2D eigenvalue weighted by Crippen LogP contribution is 2.34. The molecule has 2 amide bonds. The zero-order chi connectivity index (χ0) is 20.5. The van der Waals surface area contributed by atoms with E-state index in [-0.39, 0.29) is 12.6 Å². The molecule has 2 N–H and O–H groups in total. The minimum atomic E-state index is -0.625. The maximum atomic E-state index is 12.4. The van der Waals surface area contributed by atoms with E-state index in [1.807, 2.05) is 6.07 Å². The van der Waals surface area contributed by atoms with Gasteiger partial charge in [0.2, 0.25) is 0 Å². The minimum absolute atomic E-state index is 0.254. The molecule has 0 radical (unpaired) electrons. The van der Waals surface area contributed by atoms with E-state index >= 15 is 0 Å². The molecule has 0 aromatic heterocycles. The van der Waals surface area contributed by atoms with Crippen LogP contribution >= 0.6 is 0 Å². The molecule has 0 bridgehead atoms. The summed E-state index contributed by atoms with van der Waals surface area (Å²) in [6.45, 7) is 6.47. The first-order chi connectivity index (χ1) is 13.5. The van der Waals surface area contributed by atoms with Crippen LogP contribution in [0.1, 0.15) is 58.1 Å². The number of urea groups is 1. The molecule has 7 nitrogen and oxygen atoms in total. The van der Waals surface area contributed by atoms with Crippen molar-refractivity contribution in [3.8, 4) is 11.5 Å². The smallest absolute Gasteiger partial charge is 0.338 e. The molecule has 1 heterocycles.